The Kier molecular flexibility index (Phi) is 2.40. The quantitative estimate of drug-likeness (QED) is 0.407. The highest BCUT2D eigenvalue weighted by molar-refractivity contribution is 5.56. The van der Waals surface area contributed by atoms with Gasteiger partial charge in [0, 0.05) is 0 Å². The van der Waals surface area contributed by atoms with Crippen LogP contribution in [0.4, 0.5) is 0 Å². The molecule has 6 atom stereocenters. The maximum absolute atomic E-state index is 2.74. The van der Waals surface area contributed by atoms with Gasteiger partial charge in [-0.05, 0) is 65.5 Å². The standard InChI is InChI=1S/C27H46/c1-17(2)21(9)16-22(10)18(3,4)25(13)20(7,8)27(22,15)23(16,11)26(21,14)19(5,6)24(17,25)12/h16H,1-15H3. The predicted molar refractivity (Wildman–Crippen MR) is 115 cm³/mol. The van der Waals surface area contributed by atoms with Crippen LogP contribution in [0.2, 0.25) is 0 Å². The van der Waals surface area contributed by atoms with Gasteiger partial charge in [-0.2, -0.15) is 0 Å². The van der Waals surface area contributed by atoms with Crippen molar-refractivity contribution in [3.05, 3.63) is 0 Å². The van der Waals surface area contributed by atoms with Gasteiger partial charge in [0.2, 0.25) is 0 Å². The second-order valence-electron chi connectivity index (χ2n) is 15.0. The molecule has 0 nitrogen and oxygen atoms in total. The molecule has 27 heavy (non-hydrogen) atoms. The second kappa shape index (κ2) is 3.41. The Morgan fingerprint density at radius 3 is 0.815 bits per heavy atom. The van der Waals surface area contributed by atoms with Crippen LogP contribution in [0.25, 0.3) is 0 Å². The topological polar surface area (TPSA) is 0 Å². The van der Waals surface area contributed by atoms with E-state index in [0.717, 1.165) is 5.92 Å². The Morgan fingerprint density at radius 2 is 0.556 bits per heavy atom. The van der Waals surface area contributed by atoms with Crippen molar-refractivity contribution in [2.24, 2.45) is 65.5 Å². The smallest absolute Gasteiger partial charge is 0.0144 e. The van der Waals surface area contributed by atoms with E-state index in [1.165, 1.54) is 0 Å². The van der Waals surface area contributed by atoms with Crippen molar-refractivity contribution in [1.82, 2.24) is 0 Å². The summed E-state index contributed by atoms with van der Waals surface area (Å²) in [5.74, 6) is 0.821. The molecule has 0 aromatic rings. The van der Waals surface area contributed by atoms with E-state index in [2.05, 4.69) is 104 Å². The second-order valence-corrected chi connectivity index (χ2v) is 15.0. The number of rotatable bonds is 0. The highest BCUT2D eigenvalue weighted by Crippen LogP contribution is 3.14. The van der Waals surface area contributed by atoms with E-state index in [4.69, 9.17) is 0 Å². The van der Waals surface area contributed by atoms with Crippen molar-refractivity contribution < 1.29 is 0 Å². The SMILES string of the molecule is CC1(C)C2(C)C3C4(C)C(C)(C)C5(C)C(C)(C)C4(C)C3(C)C2(C)C(C)(C)C15C. The van der Waals surface area contributed by atoms with Crippen LogP contribution in [0.1, 0.15) is 104 Å². The molecule has 0 aliphatic heterocycles. The summed E-state index contributed by atoms with van der Waals surface area (Å²) in [7, 11) is 0. The molecule has 0 amide bonds. The summed E-state index contributed by atoms with van der Waals surface area (Å²) in [5.41, 5.74) is 3.70. The minimum atomic E-state index is 0.269. The molecule has 6 fully saturated rings. The molecule has 6 rings (SSSR count). The summed E-state index contributed by atoms with van der Waals surface area (Å²) < 4.78 is 0. The molecular formula is C27H46. The molecule has 0 aromatic heterocycles. The normalized spacial score (nSPS) is 69.7. The lowest BCUT2D eigenvalue weighted by Gasteiger charge is -2.95. The van der Waals surface area contributed by atoms with E-state index < -0.39 is 0 Å². The van der Waals surface area contributed by atoms with Crippen LogP contribution in [0.3, 0.4) is 0 Å². The first kappa shape index (κ1) is 19.0. The van der Waals surface area contributed by atoms with E-state index in [0.29, 0.717) is 48.7 Å². The first-order valence-electron chi connectivity index (χ1n) is 11.6. The summed E-state index contributed by atoms with van der Waals surface area (Å²) >= 11 is 0. The Labute approximate surface area is 169 Å². The van der Waals surface area contributed by atoms with E-state index >= 15 is 0 Å². The maximum atomic E-state index is 2.74. The van der Waals surface area contributed by atoms with Crippen molar-refractivity contribution in [1.29, 1.82) is 0 Å². The molecule has 0 heteroatoms. The van der Waals surface area contributed by atoms with Crippen molar-refractivity contribution in [2.45, 2.75) is 104 Å². The van der Waals surface area contributed by atoms with Crippen LogP contribution in [0.15, 0.2) is 0 Å². The molecule has 0 saturated heterocycles. The van der Waals surface area contributed by atoms with Gasteiger partial charge >= 0.3 is 0 Å². The minimum Gasteiger partial charge on any atom is -0.0588 e. The fourth-order valence-electron chi connectivity index (χ4n) is 15.0. The molecule has 0 heterocycles. The van der Waals surface area contributed by atoms with Crippen molar-refractivity contribution in [3.8, 4) is 0 Å². The lowest BCUT2D eigenvalue weighted by Crippen LogP contribution is -2.91. The average Bonchev–Trinajstić information content (AvgIpc) is 2.62. The van der Waals surface area contributed by atoms with Crippen molar-refractivity contribution >= 4 is 0 Å². The van der Waals surface area contributed by atoms with Gasteiger partial charge in [0.1, 0.15) is 0 Å². The monoisotopic (exact) mass is 370 g/mol. The number of hydrogen-bond acceptors (Lipinski definition) is 0. The Morgan fingerprint density at radius 1 is 0.296 bits per heavy atom. The average molecular weight is 371 g/mol. The van der Waals surface area contributed by atoms with Crippen LogP contribution < -0.4 is 0 Å². The Bertz CT molecular complexity index is 761. The molecule has 0 spiro atoms. The van der Waals surface area contributed by atoms with Gasteiger partial charge in [-0.3, -0.25) is 0 Å². The van der Waals surface area contributed by atoms with Gasteiger partial charge in [0.15, 0.2) is 0 Å². The van der Waals surface area contributed by atoms with E-state index in [1.807, 2.05) is 0 Å². The van der Waals surface area contributed by atoms with Crippen molar-refractivity contribution in [3.63, 3.8) is 0 Å². The van der Waals surface area contributed by atoms with Crippen LogP contribution in [-0.4, -0.2) is 0 Å². The van der Waals surface area contributed by atoms with Gasteiger partial charge in [-0.1, -0.05) is 104 Å². The molecule has 154 valence electrons. The first-order chi connectivity index (χ1) is 11.6. The van der Waals surface area contributed by atoms with E-state index in [9.17, 15) is 0 Å². The summed E-state index contributed by atoms with van der Waals surface area (Å²) in [6.07, 6.45) is 0. The maximum Gasteiger partial charge on any atom is -0.0144 e. The van der Waals surface area contributed by atoms with Crippen LogP contribution in [0.5, 0.6) is 0 Å². The van der Waals surface area contributed by atoms with Gasteiger partial charge in [-0.25, -0.2) is 0 Å². The van der Waals surface area contributed by atoms with Gasteiger partial charge in [-0.15, -0.1) is 0 Å². The van der Waals surface area contributed by atoms with Crippen LogP contribution in [0, 0.1) is 65.5 Å². The molecule has 6 aliphatic rings. The van der Waals surface area contributed by atoms with Gasteiger partial charge in [0.25, 0.3) is 0 Å². The minimum absolute atomic E-state index is 0.269. The molecule has 0 N–H and O–H groups in total. The molecule has 6 aliphatic carbocycles. The fourth-order valence-corrected chi connectivity index (χ4v) is 15.0. The highest BCUT2D eigenvalue weighted by Gasteiger charge is 3.10. The van der Waals surface area contributed by atoms with E-state index in [-0.39, 0.29) is 10.8 Å². The molecule has 0 radical (unpaired) electrons. The largest absolute Gasteiger partial charge is 0.0588 e. The molecule has 6 saturated carbocycles. The predicted octanol–water partition coefficient (Wildman–Crippen LogP) is 7.82. The lowest BCUT2D eigenvalue weighted by molar-refractivity contribution is -0.488. The first-order valence-corrected chi connectivity index (χ1v) is 11.6. The lowest BCUT2D eigenvalue weighted by atomic mass is 9.08. The molecule has 6 unspecified atom stereocenters. The summed E-state index contributed by atoms with van der Waals surface area (Å²) in [6.45, 7) is 40.6. The zero-order valence-corrected chi connectivity index (χ0v) is 21.1. The highest BCUT2D eigenvalue weighted by atomic mass is 15.1. The molecule has 6 bridgehead atoms. The Hall–Kier alpha value is 0. The van der Waals surface area contributed by atoms with Crippen molar-refractivity contribution in [2.75, 3.05) is 0 Å². The van der Waals surface area contributed by atoms with E-state index in [1.54, 1.807) is 0 Å². The fraction of sp³-hybridized carbons (Fsp3) is 1.00. The zero-order chi connectivity index (χ0) is 21.1. The number of hydrogen-bond donors (Lipinski definition) is 0. The summed E-state index contributed by atoms with van der Waals surface area (Å²) in [6, 6.07) is 0. The van der Waals surface area contributed by atoms with Gasteiger partial charge < -0.3 is 0 Å². The third-order valence-electron chi connectivity index (χ3n) is 17.0. The third kappa shape index (κ3) is 0.822. The van der Waals surface area contributed by atoms with Crippen LogP contribution in [-0.2, 0) is 0 Å². The third-order valence-corrected chi connectivity index (χ3v) is 17.0. The molecule has 0 aromatic carbocycles. The zero-order valence-electron chi connectivity index (χ0n) is 21.1. The summed E-state index contributed by atoms with van der Waals surface area (Å²) in [5, 5.41) is 0. The Balaban J connectivity index is 2.12. The van der Waals surface area contributed by atoms with Gasteiger partial charge in [0.05, 0.1) is 0 Å². The van der Waals surface area contributed by atoms with Crippen LogP contribution >= 0.6 is 0 Å². The molecular weight excluding hydrogens is 324 g/mol. The summed E-state index contributed by atoms with van der Waals surface area (Å²) in [4.78, 5) is 0.